The van der Waals surface area contributed by atoms with Crippen LogP contribution in [0.2, 0.25) is 5.02 Å². The summed E-state index contributed by atoms with van der Waals surface area (Å²) < 4.78 is 5.33. The molecule has 0 amide bonds. The second kappa shape index (κ2) is 5.62. The Hall–Kier alpha value is -1.65. The molecule has 3 nitrogen and oxygen atoms in total. The Morgan fingerprint density at radius 1 is 1.14 bits per heavy atom. The second-order valence-electron chi connectivity index (χ2n) is 4.66. The minimum Gasteiger partial charge on any atom is -0.452 e. The number of fused-ring (bicyclic) bond motifs is 1. The number of rotatable bonds is 3. The number of ketones is 1. The lowest BCUT2D eigenvalue weighted by molar-refractivity contribution is 0.0383. The summed E-state index contributed by atoms with van der Waals surface area (Å²) in [5.41, 5.74) is 1.54. The highest BCUT2D eigenvalue weighted by Crippen LogP contribution is 2.40. The first kappa shape index (κ1) is 14.3. The highest BCUT2D eigenvalue weighted by molar-refractivity contribution is 9.10. The van der Waals surface area contributed by atoms with E-state index in [1.165, 1.54) is 0 Å². The van der Waals surface area contributed by atoms with E-state index in [1.54, 1.807) is 42.5 Å². The third-order valence-electron chi connectivity index (χ3n) is 3.37. The molecule has 0 aromatic heterocycles. The Labute approximate surface area is 135 Å². The lowest BCUT2D eigenvalue weighted by Gasteiger charge is -2.16. The van der Waals surface area contributed by atoms with Gasteiger partial charge in [-0.05, 0) is 6.07 Å². The van der Waals surface area contributed by atoms with Gasteiger partial charge in [-0.1, -0.05) is 70.0 Å². The smallest absolute Gasteiger partial charge is 0.340 e. The third kappa shape index (κ3) is 2.49. The number of hydrogen-bond donors (Lipinski definition) is 0. The highest BCUT2D eigenvalue weighted by Gasteiger charge is 2.40. The van der Waals surface area contributed by atoms with E-state index < -0.39 is 16.9 Å². The number of carbonyl (C=O) groups is 2. The third-order valence-corrected chi connectivity index (χ3v) is 4.58. The van der Waals surface area contributed by atoms with Crippen LogP contribution in [-0.4, -0.2) is 16.6 Å². The lowest BCUT2D eigenvalue weighted by atomic mass is 9.98. The van der Waals surface area contributed by atoms with E-state index >= 15 is 0 Å². The van der Waals surface area contributed by atoms with E-state index in [-0.39, 0.29) is 5.78 Å². The fourth-order valence-electron chi connectivity index (χ4n) is 2.35. The number of benzene rings is 2. The molecule has 1 heterocycles. The fourth-order valence-corrected chi connectivity index (χ4v) is 3.26. The van der Waals surface area contributed by atoms with Crippen LogP contribution in [0.1, 0.15) is 32.4 Å². The zero-order chi connectivity index (χ0) is 15.0. The van der Waals surface area contributed by atoms with Crippen LogP contribution in [0.15, 0.2) is 48.5 Å². The lowest BCUT2D eigenvalue weighted by Crippen LogP contribution is -2.22. The molecule has 5 heteroatoms. The fraction of sp³-hybridized carbons (Fsp3) is 0.125. The van der Waals surface area contributed by atoms with Crippen molar-refractivity contribution in [2.24, 2.45) is 0 Å². The highest BCUT2D eigenvalue weighted by atomic mass is 79.9. The summed E-state index contributed by atoms with van der Waals surface area (Å²) in [5, 5.41) is 0.340. The number of alkyl halides is 1. The monoisotopic (exact) mass is 364 g/mol. The van der Waals surface area contributed by atoms with E-state index in [0.29, 0.717) is 21.7 Å². The van der Waals surface area contributed by atoms with Gasteiger partial charge in [-0.2, -0.15) is 0 Å². The summed E-state index contributed by atoms with van der Waals surface area (Å²) in [7, 11) is 0. The minimum absolute atomic E-state index is 0.138. The van der Waals surface area contributed by atoms with Gasteiger partial charge in [0.1, 0.15) is 10.9 Å². The van der Waals surface area contributed by atoms with Crippen molar-refractivity contribution < 1.29 is 14.3 Å². The van der Waals surface area contributed by atoms with Gasteiger partial charge in [0.2, 0.25) is 0 Å². The van der Waals surface area contributed by atoms with Crippen LogP contribution in [-0.2, 0) is 4.74 Å². The number of Topliss-reactive ketones (excluding diaryl/α,β-unsaturated/α-hetero) is 1. The molecule has 0 N–H and O–H groups in total. The van der Waals surface area contributed by atoms with Crippen molar-refractivity contribution in [3.63, 3.8) is 0 Å². The van der Waals surface area contributed by atoms with Crippen molar-refractivity contribution in [3.05, 3.63) is 70.2 Å². The Bertz CT molecular complexity index is 715. The number of carbonyl (C=O) groups excluding carboxylic acids is 2. The second-order valence-corrected chi connectivity index (χ2v) is 6.06. The van der Waals surface area contributed by atoms with Crippen LogP contribution in [0.3, 0.4) is 0 Å². The Kier molecular flexibility index (Phi) is 3.83. The molecule has 2 aromatic rings. The molecule has 3 rings (SSSR count). The van der Waals surface area contributed by atoms with Crippen molar-refractivity contribution in [2.45, 2.75) is 10.9 Å². The van der Waals surface area contributed by atoms with Gasteiger partial charge < -0.3 is 4.74 Å². The van der Waals surface area contributed by atoms with Gasteiger partial charge in [-0.25, -0.2) is 4.79 Å². The van der Waals surface area contributed by atoms with E-state index in [9.17, 15) is 9.59 Å². The molecule has 1 aliphatic rings. The maximum absolute atomic E-state index is 12.5. The zero-order valence-corrected chi connectivity index (χ0v) is 13.1. The maximum atomic E-state index is 12.5. The van der Waals surface area contributed by atoms with Crippen molar-refractivity contribution in [1.29, 1.82) is 0 Å². The van der Waals surface area contributed by atoms with Crippen LogP contribution in [0.25, 0.3) is 0 Å². The molecule has 0 bridgehead atoms. The van der Waals surface area contributed by atoms with Gasteiger partial charge in [0.15, 0.2) is 5.78 Å². The number of hydrogen-bond acceptors (Lipinski definition) is 3. The van der Waals surface area contributed by atoms with Gasteiger partial charge in [0.25, 0.3) is 0 Å². The van der Waals surface area contributed by atoms with E-state index in [4.69, 9.17) is 16.3 Å². The first-order chi connectivity index (χ1) is 10.1. The standard InChI is InChI=1S/C16H10BrClO3/c17-13(14(19)9-5-2-1-3-6-9)15-10-7-4-8-11(18)12(10)16(20)21-15/h1-8,13,15H. The molecule has 21 heavy (non-hydrogen) atoms. The molecule has 2 unspecified atom stereocenters. The van der Waals surface area contributed by atoms with E-state index in [2.05, 4.69) is 15.9 Å². The van der Waals surface area contributed by atoms with Gasteiger partial charge in [0, 0.05) is 11.1 Å². The summed E-state index contributed by atoms with van der Waals surface area (Å²) in [6.45, 7) is 0. The van der Waals surface area contributed by atoms with Crippen LogP contribution < -0.4 is 0 Å². The van der Waals surface area contributed by atoms with Crippen molar-refractivity contribution >= 4 is 39.3 Å². The molecule has 106 valence electrons. The number of esters is 1. The molecule has 2 atom stereocenters. The predicted molar refractivity (Wildman–Crippen MR) is 83.1 cm³/mol. The SMILES string of the molecule is O=C1OC(C(Br)C(=O)c2ccccc2)c2cccc(Cl)c21. The first-order valence-corrected chi connectivity index (χ1v) is 7.61. The molecule has 1 aliphatic heterocycles. The summed E-state index contributed by atoms with van der Waals surface area (Å²) in [4.78, 5) is 23.7. The summed E-state index contributed by atoms with van der Waals surface area (Å²) in [6, 6.07) is 14.0. The van der Waals surface area contributed by atoms with Crippen molar-refractivity contribution in [2.75, 3.05) is 0 Å². The average Bonchev–Trinajstić information content (AvgIpc) is 2.85. The zero-order valence-electron chi connectivity index (χ0n) is 10.8. The van der Waals surface area contributed by atoms with Gasteiger partial charge in [0.05, 0.1) is 10.6 Å². The number of halogens is 2. The molecular weight excluding hydrogens is 356 g/mol. The van der Waals surface area contributed by atoms with Crippen molar-refractivity contribution in [1.82, 2.24) is 0 Å². The minimum atomic E-state index is -0.668. The molecule has 0 aliphatic carbocycles. The topological polar surface area (TPSA) is 43.4 Å². The van der Waals surface area contributed by atoms with E-state index in [1.807, 2.05) is 6.07 Å². The Morgan fingerprint density at radius 3 is 2.57 bits per heavy atom. The van der Waals surface area contributed by atoms with E-state index in [0.717, 1.165) is 0 Å². The first-order valence-electron chi connectivity index (χ1n) is 6.32. The maximum Gasteiger partial charge on any atom is 0.340 e. The molecule has 0 saturated carbocycles. The van der Waals surface area contributed by atoms with Crippen molar-refractivity contribution in [3.8, 4) is 0 Å². The average molecular weight is 366 g/mol. The summed E-state index contributed by atoms with van der Waals surface area (Å²) >= 11 is 9.39. The van der Waals surface area contributed by atoms with Crippen LogP contribution in [0, 0.1) is 0 Å². The Morgan fingerprint density at radius 2 is 1.86 bits per heavy atom. The van der Waals surface area contributed by atoms with Gasteiger partial charge >= 0.3 is 5.97 Å². The molecule has 2 aromatic carbocycles. The van der Waals surface area contributed by atoms with Gasteiger partial charge in [-0.15, -0.1) is 0 Å². The van der Waals surface area contributed by atoms with Gasteiger partial charge in [-0.3, -0.25) is 4.79 Å². The summed E-state index contributed by atoms with van der Waals surface area (Å²) in [6.07, 6.45) is -0.668. The molecular formula is C16H10BrClO3. The Balaban J connectivity index is 1.95. The van der Waals surface area contributed by atoms with Crippen LogP contribution >= 0.6 is 27.5 Å². The quantitative estimate of drug-likeness (QED) is 0.465. The predicted octanol–water partition coefficient (Wildman–Crippen LogP) is 4.20. The normalized spacial score (nSPS) is 18.0. The number of cyclic esters (lactones) is 1. The van der Waals surface area contributed by atoms with Crippen LogP contribution in [0.4, 0.5) is 0 Å². The largest absolute Gasteiger partial charge is 0.452 e. The molecule has 0 fully saturated rings. The molecule has 0 saturated heterocycles. The molecule has 0 spiro atoms. The molecule has 0 radical (unpaired) electrons. The summed E-state index contributed by atoms with van der Waals surface area (Å²) in [5.74, 6) is -0.632. The number of ether oxygens (including phenoxy) is 1. The van der Waals surface area contributed by atoms with Crippen LogP contribution in [0.5, 0.6) is 0 Å².